The van der Waals surface area contributed by atoms with Gasteiger partial charge < -0.3 is 10.2 Å². The molecule has 4 aromatic rings. The number of halogens is 1. The fraction of sp³-hybridized carbons (Fsp3) is 0.208. The maximum atomic E-state index is 13.0. The number of nitrogens with zero attached hydrogens (tertiary/aromatic N) is 3. The van der Waals surface area contributed by atoms with E-state index in [9.17, 15) is 9.59 Å². The van der Waals surface area contributed by atoms with Crippen LogP contribution in [0.4, 0.5) is 5.69 Å². The molecule has 0 bridgehead atoms. The van der Waals surface area contributed by atoms with Gasteiger partial charge in [0.05, 0.1) is 22.8 Å². The van der Waals surface area contributed by atoms with E-state index in [2.05, 4.69) is 10.4 Å². The highest BCUT2D eigenvalue weighted by molar-refractivity contribution is 7.20. The second-order valence-corrected chi connectivity index (χ2v) is 9.23. The van der Waals surface area contributed by atoms with Gasteiger partial charge in [0.2, 0.25) is 5.91 Å². The van der Waals surface area contributed by atoms with Crippen molar-refractivity contribution in [2.75, 3.05) is 18.9 Å². The maximum Gasteiger partial charge on any atom is 0.264 e. The van der Waals surface area contributed by atoms with E-state index >= 15 is 0 Å². The third-order valence-electron chi connectivity index (χ3n) is 5.41. The van der Waals surface area contributed by atoms with E-state index in [0.717, 1.165) is 38.4 Å². The van der Waals surface area contributed by atoms with Gasteiger partial charge in [-0.3, -0.25) is 9.59 Å². The van der Waals surface area contributed by atoms with Gasteiger partial charge in [-0.25, -0.2) is 4.68 Å². The van der Waals surface area contributed by atoms with Crippen LogP contribution in [0.5, 0.6) is 0 Å². The number of amides is 2. The lowest BCUT2D eigenvalue weighted by Gasteiger charge is -2.17. The normalized spacial score (nSPS) is 11.0. The molecule has 4 rings (SSSR count). The molecule has 1 N–H and O–H groups in total. The largest absolute Gasteiger partial charge is 0.332 e. The molecule has 0 unspecified atom stereocenters. The summed E-state index contributed by atoms with van der Waals surface area (Å²) in [5.41, 5.74) is 4.53. The number of aromatic nitrogens is 2. The molecule has 0 aliphatic heterocycles. The quantitative estimate of drug-likeness (QED) is 0.429. The molecule has 0 aliphatic carbocycles. The number of carbonyl (C=O) groups is 2. The van der Waals surface area contributed by atoms with E-state index in [1.807, 2.05) is 63.2 Å². The predicted molar refractivity (Wildman–Crippen MR) is 130 cm³/mol. The molecule has 2 heterocycles. The monoisotopic (exact) mass is 466 g/mol. The summed E-state index contributed by atoms with van der Waals surface area (Å²) in [5, 5.41) is 9.02. The Morgan fingerprint density at radius 3 is 2.62 bits per heavy atom. The van der Waals surface area contributed by atoms with E-state index < -0.39 is 0 Å². The van der Waals surface area contributed by atoms with Crippen LogP contribution in [0.3, 0.4) is 0 Å². The summed E-state index contributed by atoms with van der Waals surface area (Å²) in [6.07, 6.45) is 0. The zero-order valence-electron chi connectivity index (χ0n) is 18.3. The molecule has 8 heteroatoms. The number of hydrogen-bond donors (Lipinski definition) is 1. The molecule has 2 aromatic carbocycles. The van der Waals surface area contributed by atoms with E-state index in [-0.39, 0.29) is 18.4 Å². The van der Waals surface area contributed by atoms with Crippen LogP contribution >= 0.6 is 22.9 Å². The van der Waals surface area contributed by atoms with Gasteiger partial charge in [0.15, 0.2) is 0 Å². The van der Waals surface area contributed by atoms with E-state index in [0.29, 0.717) is 9.90 Å². The van der Waals surface area contributed by atoms with Crippen LogP contribution in [-0.4, -0.2) is 40.1 Å². The number of benzene rings is 2. The topological polar surface area (TPSA) is 67.2 Å². The lowest BCUT2D eigenvalue weighted by molar-refractivity contribution is -0.116. The van der Waals surface area contributed by atoms with Gasteiger partial charge >= 0.3 is 0 Å². The van der Waals surface area contributed by atoms with Crippen LogP contribution in [0, 0.1) is 20.8 Å². The average Bonchev–Trinajstić information content (AvgIpc) is 3.31. The number of nitrogens with one attached hydrogen (secondary N) is 1. The van der Waals surface area contributed by atoms with Gasteiger partial charge in [0, 0.05) is 23.1 Å². The Kier molecular flexibility index (Phi) is 6.04. The third-order valence-corrected chi connectivity index (χ3v) is 6.75. The SMILES string of the molecule is Cc1cccc(NC(=O)CN(C)C(=O)c2cc3c(C)nn(-c4cccc(Cl)c4)c3s2)c1C. The Balaban J connectivity index is 1.54. The molecule has 0 fully saturated rings. The fourth-order valence-corrected chi connectivity index (χ4v) is 4.85. The predicted octanol–water partition coefficient (Wildman–Crippen LogP) is 5.38. The molecule has 0 saturated carbocycles. The van der Waals surface area contributed by atoms with Gasteiger partial charge in [0.1, 0.15) is 4.83 Å². The first-order valence-corrected chi connectivity index (χ1v) is 11.3. The molecule has 32 heavy (non-hydrogen) atoms. The van der Waals surface area contributed by atoms with Crippen molar-refractivity contribution in [3.05, 3.63) is 75.3 Å². The lowest BCUT2D eigenvalue weighted by atomic mass is 10.1. The Bertz CT molecular complexity index is 1340. The highest BCUT2D eigenvalue weighted by Crippen LogP contribution is 2.31. The first kappa shape index (κ1) is 22.0. The highest BCUT2D eigenvalue weighted by atomic mass is 35.5. The van der Waals surface area contributed by atoms with Crippen LogP contribution in [0.2, 0.25) is 5.02 Å². The second kappa shape index (κ2) is 8.76. The van der Waals surface area contributed by atoms with Crippen molar-refractivity contribution in [3.63, 3.8) is 0 Å². The van der Waals surface area contributed by atoms with Gasteiger partial charge in [-0.15, -0.1) is 11.3 Å². The van der Waals surface area contributed by atoms with Crippen molar-refractivity contribution < 1.29 is 9.59 Å². The number of aryl methyl sites for hydroxylation is 2. The van der Waals surface area contributed by atoms with Crippen molar-refractivity contribution >= 4 is 50.7 Å². The average molecular weight is 467 g/mol. The molecule has 6 nitrogen and oxygen atoms in total. The summed E-state index contributed by atoms with van der Waals surface area (Å²) in [6.45, 7) is 5.82. The first-order valence-electron chi connectivity index (χ1n) is 10.1. The van der Waals surface area contributed by atoms with Gasteiger partial charge in [-0.2, -0.15) is 5.10 Å². The van der Waals surface area contributed by atoms with Crippen LogP contribution < -0.4 is 5.32 Å². The van der Waals surface area contributed by atoms with Crippen molar-refractivity contribution in [3.8, 4) is 5.69 Å². The number of thiophene rings is 1. The fourth-order valence-electron chi connectivity index (χ4n) is 3.49. The second-order valence-electron chi connectivity index (χ2n) is 7.76. The van der Waals surface area contributed by atoms with E-state index in [1.54, 1.807) is 17.8 Å². The zero-order chi connectivity index (χ0) is 23.0. The van der Waals surface area contributed by atoms with Crippen molar-refractivity contribution in [1.29, 1.82) is 0 Å². The summed E-state index contributed by atoms with van der Waals surface area (Å²) >= 11 is 7.49. The van der Waals surface area contributed by atoms with Crippen molar-refractivity contribution in [1.82, 2.24) is 14.7 Å². The zero-order valence-corrected chi connectivity index (χ0v) is 19.8. The standard InChI is InChI=1S/C24H23ClN4O2S/c1-14-7-5-10-20(15(14)2)26-22(30)13-28(4)23(31)21-12-19-16(3)27-29(24(19)32-21)18-9-6-8-17(25)11-18/h5-12H,13H2,1-4H3,(H,26,30). The Morgan fingerprint density at radius 2 is 1.88 bits per heavy atom. The summed E-state index contributed by atoms with van der Waals surface area (Å²) in [6, 6.07) is 15.0. The number of rotatable bonds is 5. The molecule has 0 atom stereocenters. The molecule has 164 valence electrons. The Hall–Kier alpha value is -3.16. The molecular formula is C24H23ClN4O2S. The minimum Gasteiger partial charge on any atom is -0.332 e. The first-order chi connectivity index (χ1) is 15.2. The smallest absolute Gasteiger partial charge is 0.264 e. The third kappa shape index (κ3) is 4.26. The van der Waals surface area contributed by atoms with Gasteiger partial charge in [-0.05, 0) is 62.2 Å². The van der Waals surface area contributed by atoms with Crippen LogP contribution in [0.25, 0.3) is 15.9 Å². The molecular weight excluding hydrogens is 444 g/mol. The highest BCUT2D eigenvalue weighted by Gasteiger charge is 2.21. The molecule has 2 amide bonds. The number of likely N-dealkylation sites (N-methyl/N-ethyl adjacent to an activating group) is 1. The number of anilines is 1. The number of fused-ring (bicyclic) bond motifs is 1. The molecule has 0 aliphatic rings. The summed E-state index contributed by atoms with van der Waals surface area (Å²) in [5.74, 6) is -0.448. The van der Waals surface area contributed by atoms with Crippen LogP contribution in [0.1, 0.15) is 26.5 Å². The molecule has 0 spiro atoms. The molecule has 0 saturated heterocycles. The van der Waals surface area contributed by atoms with Gasteiger partial charge in [0.25, 0.3) is 5.91 Å². The van der Waals surface area contributed by atoms with Crippen LogP contribution in [0.15, 0.2) is 48.5 Å². The minimum atomic E-state index is -0.239. The summed E-state index contributed by atoms with van der Waals surface area (Å²) in [7, 11) is 1.63. The minimum absolute atomic E-state index is 0.0418. The van der Waals surface area contributed by atoms with E-state index in [4.69, 9.17) is 11.6 Å². The summed E-state index contributed by atoms with van der Waals surface area (Å²) in [4.78, 5) is 28.4. The maximum absolute atomic E-state index is 13.0. The van der Waals surface area contributed by atoms with Crippen molar-refractivity contribution in [2.24, 2.45) is 0 Å². The molecule has 2 aromatic heterocycles. The lowest BCUT2D eigenvalue weighted by Crippen LogP contribution is -2.34. The number of hydrogen-bond acceptors (Lipinski definition) is 4. The molecule has 0 radical (unpaired) electrons. The number of carbonyl (C=O) groups excluding carboxylic acids is 2. The van der Waals surface area contributed by atoms with E-state index in [1.165, 1.54) is 16.2 Å². The van der Waals surface area contributed by atoms with Crippen molar-refractivity contribution in [2.45, 2.75) is 20.8 Å². The van der Waals surface area contributed by atoms with Gasteiger partial charge in [-0.1, -0.05) is 29.8 Å². The summed E-state index contributed by atoms with van der Waals surface area (Å²) < 4.78 is 1.80. The Morgan fingerprint density at radius 1 is 1.12 bits per heavy atom. The Labute approximate surface area is 195 Å². The van der Waals surface area contributed by atoms with Crippen LogP contribution in [-0.2, 0) is 4.79 Å².